The highest BCUT2D eigenvalue weighted by molar-refractivity contribution is 9.10. The highest BCUT2D eigenvalue weighted by Crippen LogP contribution is 2.37. The number of rotatable bonds is 4. The van der Waals surface area contributed by atoms with Crippen molar-refractivity contribution in [1.82, 2.24) is 9.97 Å². The predicted octanol–water partition coefficient (Wildman–Crippen LogP) is 4.98. The number of methoxy groups -OCH3 is 1. The van der Waals surface area contributed by atoms with E-state index in [0.29, 0.717) is 17.2 Å². The standard InChI is InChI=1S/C15H23BrN2OS/c1-9(2)10-4-6-11(7-5-10)14-17-12(8-19-3)13(16)15(20)18-14/h9-11H,4-8H2,1-3H3,(H,17,18,20). The Kier molecular flexibility index (Phi) is 5.75. The monoisotopic (exact) mass is 358 g/mol. The Balaban J connectivity index is 2.16. The lowest BCUT2D eigenvalue weighted by Gasteiger charge is -2.30. The molecule has 1 heterocycles. The predicted molar refractivity (Wildman–Crippen MR) is 87.4 cm³/mol. The van der Waals surface area contributed by atoms with Crippen LogP contribution in [0.3, 0.4) is 0 Å². The van der Waals surface area contributed by atoms with Gasteiger partial charge in [-0.15, -0.1) is 0 Å². The van der Waals surface area contributed by atoms with Crippen LogP contribution in [-0.4, -0.2) is 17.1 Å². The van der Waals surface area contributed by atoms with Gasteiger partial charge in [-0.3, -0.25) is 0 Å². The maximum atomic E-state index is 5.34. The molecule has 1 fully saturated rings. The minimum absolute atomic E-state index is 0.510. The van der Waals surface area contributed by atoms with Crippen LogP contribution in [0, 0.1) is 16.5 Å². The molecule has 0 bridgehead atoms. The molecule has 3 nitrogen and oxygen atoms in total. The lowest BCUT2D eigenvalue weighted by Crippen LogP contribution is -2.19. The molecule has 1 aliphatic carbocycles. The zero-order valence-corrected chi connectivity index (χ0v) is 14.8. The van der Waals surface area contributed by atoms with E-state index in [1.165, 1.54) is 25.7 Å². The summed E-state index contributed by atoms with van der Waals surface area (Å²) in [4.78, 5) is 7.98. The fourth-order valence-electron chi connectivity index (χ4n) is 3.02. The van der Waals surface area contributed by atoms with Gasteiger partial charge in [0.25, 0.3) is 0 Å². The molecule has 0 unspecified atom stereocenters. The number of hydrogen-bond acceptors (Lipinski definition) is 3. The normalized spacial score (nSPS) is 23.2. The van der Waals surface area contributed by atoms with Crippen LogP contribution in [0.4, 0.5) is 0 Å². The fraction of sp³-hybridized carbons (Fsp3) is 0.733. The number of aromatic nitrogens is 2. The zero-order valence-electron chi connectivity index (χ0n) is 12.4. The van der Waals surface area contributed by atoms with Gasteiger partial charge in [0.05, 0.1) is 16.8 Å². The van der Waals surface area contributed by atoms with Gasteiger partial charge < -0.3 is 9.72 Å². The third-order valence-corrected chi connectivity index (χ3v) is 5.76. The Morgan fingerprint density at radius 2 is 2.00 bits per heavy atom. The molecule has 1 aliphatic rings. The molecule has 0 atom stereocenters. The van der Waals surface area contributed by atoms with E-state index in [1.54, 1.807) is 7.11 Å². The second-order valence-electron chi connectivity index (χ2n) is 6.01. The molecule has 0 aliphatic heterocycles. The first-order chi connectivity index (χ1) is 9.52. The smallest absolute Gasteiger partial charge is 0.144 e. The van der Waals surface area contributed by atoms with Gasteiger partial charge in [-0.25, -0.2) is 4.98 Å². The van der Waals surface area contributed by atoms with Crippen LogP contribution in [0.15, 0.2) is 4.47 Å². The SMILES string of the molecule is COCc1[nH]c(C2CCC(C(C)C)CC2)nc(=S)c1Br. The van der Waals surface area contributed by atoms with Gasteiger partial charge >= 0.3 is 0 Å². The van der Waals surface area contributed by atoms with E-state index in [4.69, 9.17) is 17.0 Å². The van der Waals surface area contributed by atoms with Gasteiger partial charge in [0, 0.05) is 13.0 Å². The molecule has 1 saturated carbocycles. The van der Waals surface area contributed by atoms with Crippen molar-refractivity contribution >= 4 is 28.1 Å². The van der Waals surface area contributed by atoms with Crippen LogP contribution in [0.5, 0.6) is 0 Å². The number of H-pyrrole nitrogens is 1. The highest BCUT2D eigenvalue weighted by Gasteiger charge is 2.26. The number of aromatic amines is 1. The second-order valence-corrected chi connectivity index (χ2v) is 7.19. The van der Waals surface area contributed by atoms with Crippen molar-refractivity contribution < 1.29 is 4.74 Å². The van der Waals surface area contributed by atoms with E-state index in [2.05, 4.69) is 39.7 Å². The maximum Gasteiger partial charge on any atom is 0.144 e. The Hall–Kier alpha value is -0.260. The zero-order chi connectivity index (χ0) is 14.7. The van der Waals surface area contributed by atoms with Gasteiger partial charge in [0.2, 0.25) is 0 Å². The third kappa shape index (κ3) is 3.68. The Morgan fingerprint density at radius 3 is 2.55 bits per heavy atom. The Morgan fingerprint density at radius 1 is 1.35 bits per heavy atom. The molecule has 0 saturated heterocycles. The highest BCUT2D eigenvalue weighted by atomic mass is 79.9. The summed E-state index contributed by atoms with van der Waals surface area (Å²) in [5.41, 5.74) is 0.994. The van der Waals surface area contributed by atoms with Crippen LogP contribution < -0.4 is 0 Å². The number of hydrogen-bond donors (Lipinski definition) is 1. The van der Waals surface area contributed by atoms with E-state index in [1.807, 2.05) is 0 Å². The Bertz CT molecular complexity index is 507. The van der Waals surface area contributed by atoms with E-state index < -0.39 is 0 Å². The summed E-state index contributed by atoms with van der Waals surface area (Å²) < 4.78 is 6.71. The first-order valence-electron chi connectivity index (χ1n) is 7.30. The minimum Gasteiger partial charge on any atom is -0.378 e. The average molecular weight is 359 g/mol. The van der Waals surface area contributed by atoms with Crippen molar-refractivity contribution in [2.24, 2.45) is 11.8 Å². The van der Waals surface area contributed by atoms with Crippen LogP contribution in [0.25, 0.3) is 0 Å². The average Bonchev–Trinajstić information content (AvgIpc) is 2.44. The van der Waals surface area contributed by atoms with Crippen molar-refractivity contribution in [1.29, 1.82) is 0 Å². The first-order valence-corrected chi connectivity index (χ1v) is 8.50. The topological polar surface area (TPSA) is 37.9 Å². The number of halogens is 1. The first kappa shape index (κ1) is 16.1. The third-order valence-electron chi connectivity index (χ3n) is 4.34. The summed E-state index contributed by atoms with van der Waals surface area (Å²) in [6.45, 7) is 5.18. The van der Waals surface area contributed by atoms with Gasteiger partial charge in [-0.05, 0) is 53.4 Å². The Labute approximate surface area is 134 Å². The summed E-state index contributed by atoms with van der Waals surface area (Å²) in [5.74, 6) is 3.20. The lowest BCUT2D eigenvalue weighted by molar-refractivity contribution is 0.180. The quantitative estimate of drug-likeness (QED) is 0.771. The van der Waals surface area contributed by atoms with Gasteiger partial charge in [-0.2, -0.15) is 0 Å². The molecular weight excluding hydrogens is 336 g/mol. The lowest BCUT2D eigenvalue weighted by atomic mass is 9.77. The van der Waals surface area contributed by atoms with Gasteiger partial charge in [0.1, 0.15) is 10.5 Å². The minimum atomic E-state index is 0.510. The van der Waals surface area contributed by atoms with Crippen LogP contribution >= 0.6 is 28.1 Å². The number of nitrogens with zero attached hydrogens (tertiary/aromatic N) is 1. The van der Waals surface area contributed by atoms with Crippen molar-refractivity contribution in [2.45, 2.75) is 52.1 Å². The van der Waals surface area contributed by atoms with E-state index >= 15 is 0 Å². The largest absolute Gasteiger partial charge is 0.378 e. The molecule has 112 valence electrons. The summed E-state index contributed by atoms with van der Waals surface area (Å²) in [6.07, 6.45) is 4.99. The molecule has 1 N–H and O–H groups in total. The number of ether oxygens (including phenoxy) is 1. The molecule has 2 rings (SSSR count). The molecule has 1 aromatic heterocycles. The molecule has 5 heteroatoms. The van der Waals surface area contributed by atoms with Crippen LogP contribution in [-0.2, 0) is 11.3 Å². The number of nitrogens with one attached hydrogen (secondary N) is 1. The summed E-state index contributed by atoms with van der Waals surface area (Å²) >= 11 is 8.83. The second kappa shape index (κ2) is 7.14. The summed E-state index contributed by atoms with van der Waals surface area (Å²) in [5, 5.41) is 0. The van der Waals surface area contributed by atoms with E-state index in [-0.39, 0.29) is 0 Å². The molecule has 0 aromatic carbocycles. The summed E-state index contributed by atoms with van der Waals surface area (Å²) in [6, 6.07) is 0. The van der Waals surface area contributed by atoms with E-state index in [0.717, 1.165) is 27.8 Å². The summed E-state index contributed by atoms with van der Waals surface area (Å²) in [7, 11) is 1.69. The van der Waals surface area contributed by atoms with Gasteiger partial charge in [0.15, 0.2) is 0 Å². The molecule has 1 aromatic rings. The molecule has 0 spiro atoms. The van der Waals surface area contributed by atoms with Gasteiger partial charge in [-0.1, -0.05) is 26.1 Å². The molecular formula is C15H23BrN2OS. The molecule has 0 radical (unpaired) electrons. The van der Waals surface area contributed by atoms with Crippen molar-refractivity contribution in [3.63, 3.8) is 0 Å². The van der Waals surface area contributed by atoms with Crippen molar-refractivity contribution in [2.75, 3.05) is 7.11 Å². The fourth-order valence-corrected chi connectivity index (χ4v) is 3.55. The maximum absolute atomic E-state index is 5.34. The molecule has 20 heavy (non-hydrogen) atoms. The molecule has 0 amide bonds. The van der Waals surface area contributed by atoms with Crippen LogP contribution in [0.2, 0.25) is 0 Å². The van der Waals surface area contributed by atoms with Crippen LogP contribution in [0.1, 0.15) is 57.0 Å². The van der Waals surface area contributed by atoms with E-state index in [9.17, 15) is 0 Å². The van der Waals surface area contributed by atoms with Crippen molar-refractivity contribution in [3.05, 3.63) is 20.6 Å². The van der Waals surface area contributed by atoms with Crippen molar-refractivity contribution in [3.8, 4) is 0 Å².